The molecule has 1 radical (unpaired) electrons. The second kappa shape index (κ2) is 8.65. The minimum absolute atomic E-state index is 0. The third kappa shape index (κ3) is 124. The van der Waals surface area contributed by atoms with E-state index in [0.29, 0.717) is 0 Å². The molecule has 0 aromatic carbocycles. The maximum atomic E-state index is 8.55. The van der Waals surface area contributed by atoms with Crippen LogP contribution < -0.4 is 44.2 Å². The van der Waals surface area contributed by atoms with Crippen LogP contribution in [0, 0.1) is 0 Å². The van der Waals surface area contributed by atoms with Crippen molar-refractivity contribution in [3.8, 4) is 0 Å². The van der Waals surface area contributed by atoms with Crippen LogP contribution in [-0.4, -0.2) is 5.48 Å². The fraction of sp³-hybridized carbons (Fsp3) is 0. The molecule has 8 heteroatoms. The van der Waals surface area contributed by atoms with Crippen molar-refractivity contribution in [2.45, 2.75) is 0 Å². The summed E-state index contributed by atoms with van der Waals surface area (Å²) in [7, 11) is -5.39. The van der Waals surface area contributed by atoms with E-state index in [9.17, 15) is 0 Å². The van der Waals surface area contributed by atoms with Crippen LogP contribution in [0.1, 0.15) is 0 Å². The quantitative estimate of drug-likeness (QED) is 0.276. The van der Waals surface area contributed by atoms with Crippen molar-refractivity contribution in [3.05, 3.63) is 0 Å². The maximum absolute atomic E-state index is 8.55. The summed E-state index contributed by atoms with van der Waals surface area (Å²) in [5.74, 6) is 0. The van der Waals surface area contributed by atoms with Crippen molar-refractivity contribution in [3.63, 3.8) is 0 Å². The van der Waals surface area contributed by atoms with E-state index in [1.54, 1.807) is 0 Å². The van der Waals surface area contributed by atoms with Crippen molar-refractivity contribution < 1.29 is 72.8 Å². The van der Waals surface area contributed by atoms with Crippen LogP contribution in [0.3, 0.4) is 0 Å². The Kier molecular flexibility index (Phi) is 24.5. The predicted octanol–water partition coefficient (Wildman–Crippen LogP) is -6.65. The first-order valence-corrected chi connectivity index (χ1v) is 2.19. The van der Waals surface area contributed by atoms with Gasteiger partial charge in [-0.3, -0.25) is 0 Å². The van der Waals surface area contributed by atoms with Crippen molar-refractivity contribution in [2.24, 2.45) is 0 Å². The van der Waals surface area contributed by atoms with E-state index in [0.717, 1.165) is 0 Å². The van der Waals surface area contributed by atoms with Crippen LogP contribution in [0.25, 0.3) is 0 Å². The summed E-state index contributed by atoms with van der Waals surface area (Å²) >= 11 is 0. The monoisotopic (exact) mass is 187 g/mol. The number of rotatable bonds is 0. The van der Waals surface area contributed by atoms with Gasteiger partial charge in [0.2, 0.25) is 0 Å². The van der Waals surface area contributed by atoms with Gasteiger partial charge in [0.15, 0.2) is 0 Å². The molecule has 0 aromatic heterocycles. The largest absolute Gasteiger partial charge is 1.00 e. The first-order chi connectivity index (χ1) is 2.00. The van der Waals surface area contributed by atoms with Gasteiger partial charge in [0.05, 0.1) is 0 Å². The molecule has 0 bridgehead atoms. The Balaban J connectivity index is -0.0000000267. The predicted molar refractivity (Wildman–Crippen MR) is 11.2 cm³/mol. The van der Waals surface area contributed by atoms with E-state index in [1.165, 1.54) is 0 Å². The number of hydrogen-bond acceptors (Lipinski definition) is 4. The molecule has 0 saturated heterocycles. The summed E-state index contributed by atoms with van der Waals surface area (Å²) in [4.78, 5) is 25.6. The van der Waals surface area contributed by atoms with Gasteiger partial charge in [-0.05, 0) is 0 Å². The Labute approximate surface area is 80.2 Å². The normalized spacial score (nSPS) is 7.38. The molecule has 8 heavy (non-hydrogen) atoms. The van der Waals surface area contributed by atoms with E-state index in [2.05, 4.69) is 0 Å². The number of phosphoric acid groups is 1. The molecule has 0 saturated carbocycles. The first kappa shape index (κ1) is 22.6. The average molecular weight is 187 g/mol. The van der Waals surface area contributed by atoms with Gasteiger partial charge in [0.25, 0.3) is 0 Å². The fourth-order valence-corrected chi connectivity index (χ4v) is 0. The molecule has 45 valence electrons. The zero-order chi connectivity index (χ0) is 4.50. The molecule has 0 aromatic rings. The molecule has 0 rings (SSSR count). The minimum Gasteiger partial charge on any atom is -0.822 e. The summed E-state index contributed by atoms with van der Waals surface area (Å²) in [5.41, 5.74) is 0. The van der Waals surface area contributed by atoms with Crippen LogP contribution in [0.4, 0.5) is 0 Å². The third-order valence-corrected chi connectivity index (χ3v) is 0. The molecule has 0 atom stereocenters. The first-order valence-electron chi connectivity index (χ1n) is 0.730. The zero-order valence-electron chi connectivity index (χ0n) is 4.03. The molecule has 0 heterocycles. The molecule has 0 fully saturated rings. The van der Waals surface area contributed by atoms with Gasteiger partial charge in [0.1, 0.15) is 0 Å². The van der Waals surface area contributed by atoms with Crippen molar-refractivity contribution >= 4 is 7.82 Å². The molecule has 0 unspecified atom stereocenters. The standard InChI is InChI=1S/Na.H3O4P.H2O.V/c;1-5(2,3)4;;/h;(H3,1,2,3,4);1H2;/q+1;;;/p-3. The fourth-order valence-electron chi connectivity index (χ4n) is 0. The molecular weight excluding hydrogens is 185 g/mol. The average Bonchev–Trinajstić information content (AvgIpc) is 0.722. The van der Waals surface area contributed by atoms with Gasteiger partial charge in [-0.15, -0.1) is 0 Å². The van der Waals surface area contributed by atoms with Crippen LogP contribution in [-0.2, 0) is 23.1 Å². The minimum atomic E-state index is -5.39. The van der Waals surface area contributed by atoms with Crippen LogP contribution in [0.2, 0.25) is 0 Å². The van der Waals surface area contributed by atoms with Crippen LogP contribution in [0.5, 0.6) is 0 Å². The molecule has 5 nitrogen and oxygen atoms in total. The Morgan fingerprint density at radius 1 is 1.12 bits per heavy atom. The Morgan fingerprint density at radius 2 is 1.12 bits per heavy atom. The molecule has 0 spiro atoms. The van der Waals surface area contributed by atoms with Gasteiger partial charge < -0.3 is 24.7 Å². The molecule has 0 aliphatic carbocycles. The Morgan fingerprint density at radius 3 is 1.12 bits per heavy atom. The van der Waals surface area contributed by atoms with Crippen molar-refractivity contribution in [1.29, 1.82) is 0 Å². The van der Waals surface area contributed by atoms with E-state index in [1.807, 2.05) is 0 Å². The third-order valence-electron chi connectivity index (χ3n) is 0. The van der Waals surface area contributed by atoms with Crippen molar-refractivity contribution in [2.75, 3.05) is 0 Å². The van der Waals surface area contributed by atoms with E-state index < -0.39 is 7.82 Å². The smallest absolute Gasteiger partial charge is 0.822 e. The number of hydrogen-bond donors (Lipinski definition) is 0. The van der Waals surface area contributed by atoms with E-state index in [-0.39, 0.29) is 53.6 Å². The Bertz CT molecular complexity index is 58.6. The van der Waals surface area contributed by atoms with Gasteiger partial charge in [-0.2, -0.15) is 7.82 Å². The molecular formula is H2NaO5PV-2. The maximum Gasteiger partial charge on any atom is 1.00 e. The van der Waals surface area contributed by atoms with Crippen molar-refractivity contribution in [1.82, 2.24) is 0 Å². The zero-order valence-corrected chi connectivity index (χ0v) is 8.32. The van der Waals surface area contributed by atoms with Gasteiger partial charge >= 0.3 is 29.6 Å². The second-order valence-corrected chi connectivity index (χ2v) is 1.34. The molecule has 0 aliphatic rings. The molecule has 2 N–H and O–H groups in total. The second-order valence-electron chi connectivity index (χ2n) is 0.447. The Hall–Kier alpha value is 1.65. The SMILES string of the molecule is O.O=P([O-])([O-])[O-].[Na+].[V]. The summed E-state index contributed by atoms with van der Waals surface area (Å²) in [5, 5.41) is 0. The molecule has 0 aliphatic heterocycles. The van der Waals surface area contributed by atoms with Crippen LogP contribution >= 0.6 is 7.82 Å². The topological polar surface area (TPSA) is 118 Å². The van der Waals surface area contributed by atoms with Gasteiger partial charge in [-0.25, -0.2) is 0 Å². The van der Waals surface area contributed by atoms with Gasteiger partial charge in [-0.1, -0.05) is 0 Å². The summed E-state index contributed by atoms with van der Waals surface area (Å²) < 4.78 is 8.55. The van der Waals surface area contributed by atoms with Gasteiger partial charge in [0, 0.05) is 18.6 Å². The van der Waals surface area contributed by atoms with E-state index >= 15 is 0 Å². The molecule has 0 amide bonds. The van der Waals surface area contributed by atoms with Crippen LogP contribution in [0.15, 0.2) is 0 Å². The summed E-state index contributed by atoms with van der Waals surface area (Å²) in [6.45, 7) is 0. The van der Waals surface area contributed by atoms with E-state index in [4.69, 9.17) is 19.2 Å². The summed E-state index contributed by atoms with van der Waals surface area (Å²) in [6, 6.07) is 0. The summed E-state index contributed by atoms with van der Waals surface area (Å²) in [6.07, 6.45) is 0.